The average molecular weight is 220 g/mol. The molecular weight excluding hydrogens is 200 g/mol. The summed E-state index contributed by atoms with van der Waals surface area (Å²) in [5.41, 5.74) is 1.41. The molecule has 0 atom stereocenters. The lowest BCUT2D eigenvalue weighted by Gasteiger charge is -2.42. The van der Waals surface area contributed by atoms with E-state index in [9.17, 15) is 0 Å². The molecule has 16 heavy (non-hydrogen) atoms. The number of anilines is 1. The van der Waals surface area contributed by atoms with E-state index in [-0.39, 0.29) is 5.54 Å². The Bertz CT molecular complexity index is 323. The minimum Gasteiger partial charge on any atom is -0.366 e. The van der Waals surface area contributed by atoms with Crippen LogP contribution in [-0.4, -0.2) is 46.6 Å². The molecule has 4 heteroatoms. The van der Waals surface area contributed by atoms with Gasteiger partial charge in [0.2, 0.25) is 0 Å². The summed E-state index contributed by atoms with van der Waals surface area (Å²) in [5.74, 6) is 0. The summed E-state index contributed by atoms with van der Waals surface area (Å²) in [4.78, 5) is 13.0. The van der Waals surface area contributed by atoms with E-state index < -0.39 is 0 Å². The lowest BCUT2D eigenvalue weighted by Crippen LogP contribution is -2.53. The normalized spacial score (nSPS) is 18.8. The molecule has 1 aliphatic heterocycles. The van der Waals surface area contributed by atoms with Gasteiger partial charge >= 0.3 is 0 Å². The molecule has 0 spiro atoms. The van der Waals surface area contributed by atoms with Crippen molar-refractivity contribution in [2.24, 2.45) is 0 Å². The van der Waals surface area contributed by atoms with Crippen LogP contribution in [0.2, 0.25) is 0 Å². The Morgan fingerprint density at radius 1 is 1.00 bits per heavy atom. The van der Waals surface area contributed by atoms with Gasteiger partial charge in [0.15, 0.2) is 0 Å². The van der Waals surface area contributed by atoms with E-state index in [2.05, 4.69) is 40.5 Å². The molecule has 0 radical (unpaired) electrons. The van der Waals surface area contributed by atoms with Crippen molar-refractivity contribution < 1.29 is 0 Å². The zero-order valence-electron chi connectivity index (χ0n) is 10.3. The van der Waals surface area contributed by atoms with Crippen molar-refractivity contribution in [3.63, 3.8) is 0 Å². The first-order valence-corrected chi connectivity index (χ1v) is 5.82. The third-order valence-electron chi connectivity index (χ3n) is 3.14. The monoisotopic (exact) mass is 220 g/mol. The molecule has 2 heterocycles. The molecule has 1 aromatic heterocycles. The van der Waals surface area contributed by atoms with Crippen LogP contribution in [0.15, 0.2) is 18.7 Å². The fraction of sp³-hybridized carbons (Fsp3) is 0.667. The van der Waals surface area contributed by atoms with E-state index in [1.165, 1.54) is 0 Å². The molecule has 2 rings (SSSR count). The third-order valence-corrected chi connectivity index (χ3v) is 3.14. The summed E-state index contributed by atoms with van der Waals surface area (Å²) >= 11 is 0. The van der Waals surface area contributed by atoms with Crippen LogP contribution in [0.4, 0.5) is 5.69 Å². The largest absolute Gasteiger partial charge is 0.366 e. The summed E-state index contributed by atoms with van der Waals surface area (Å²) in [6.45, 7) is 11.2. The lowest BCUT2D eigenvalue weighted by atomic mass is 10.0. The Morgan fingerprint density at radius 2 is 1.56 bits per heavy atom. The van der Waals surface area contributed by atoms with Crippen LogP contribution in [0, 0.1) is 0 Å². The highest BCUT2D eigenvalue weighted by Crippen LogP contribution is 2.19. The topological polar surface area (TPSA) is 32.3 Å². The van der Waals surface area contributed by atoms with Crippen LogP contribution in [-0.2, 0) is 0 Å². The maximum Gasteiger partial charge on any atom is 0.115 e. The van der Waals surface area contributed by atoms with Crippen molar-refractivity contribution in [1.82, 2.24) is 14.9 Å². The van der Waals surface area contributed by atoms with Gasteiger partial charge in [-0.25, -0.2) is 9.97 Å². The number of aromatic nitrogens is 2. The fourth-order valence-electron chi connectivity index (χ4n) is 2.09. The Kier molecular flexibility index (Phi) is 3.10. The van der Waals surface area contributed by atoms with E-state index in [1.54, 1.807) is 6.33 Å². The zero-order valence-corrected chi connectivity index (χ0v) is 10.3. The number of hydrogen-bond acceptors (Lipinski definition) is 4. The Morgan fingerprint density at radius 3 is 2.06 bits per heavy atom. The second kappa shape index (κ2) is 4.37. The van der Waals surface area contributed by atoms with Gasteiger partial charge in [0, 0.05) is 31.7 Å². The van der Waals surface area contributed by atoms with Crippen molar-refractivity contribution in [1.29, 1.82) is 0 Å². The van der Waals surface area contributed by atoms with Crippen LogP contribution in [0.5, 0.6) is 0 Å². The Balaban J connectivity index is 1.96. The van der Waals surface area contributed by atoms with Gasteiger partial charge in [0.05, 0.1) is 18.1 Å². The third kappa shape index (κ3) is 2.50. The molecule has 4 nitrogen and oxygen atoms in total. The van der Waals surface area contributed by atoms with Crippen LogP contribution in [0.3, 0.4) is 0 Å². The molecule has 0 unspecified atom stereocenters. The minimum atomic E-state index is 0.277. The number of piperazine rings is 1. The maximum absolute atomic E-state index is 4.06. The van der Waals surface area contributed by atoms with Gasteiger partial charge in [-0.3, -0.25) is 4.90 Å². The van der Waals surface area contributed by atoms with Crippen LogP contribution >= 0.6 is 0 Å². The van der Waals surface area contributed by atoms with Crippen molar-refractivity contribution in [3.8, 4) is 0 Å². The van der Waals surface area contributed by atoms with E-state index in [4.69, 9.17) is 0 Å². The molecule has 1 fully saturated rings. The Labute approximate surface area is 97.3 Å². The lowest BCUT2D eigenvalue weighted by molar-refractivity contribution is 0.128. The quantitative estimate of drug-likeness (QED) is 0.716. The second-order valence-corrected chi connectivity index (χ2v) is 5.24. The van der Waals surface area contributed by atoms with Crippen molar-refractivity contribution in [3.05, 3.63) is 18.7 Å². The van der Waals surface area contributed by atoms with Gasteiger partial charge in [0.1, 0.15) is 6.33 Å². The Hall–Kier alpha value is -1.16. The molecule has 1 saturated heterocycles. The first kappa shape index (κ1) is 11.3. The summed E-state index contributed by atoms with van der Waals surface area (Å²) in [6.07, 6.45) is 5.36. The number of nitrogens with zero attached hydrogens (tertiary/aromatic N) is 4. The van der Waals surface area contributed by atoms with Crippen LogP contribution in [0.25, 0.3) is 0 Å². The summed E-state index contributed by atoms with van der Waals surface area (Å²) < 4.78 is 0. The SMILES string of the molecule is CC(C)(C)N1CCN(c2cncnc2)CC1. The highest BCUT2D eigenvalue weighted by atomic mass is 15.3. The minimum absolute atomic E-state index is 0.277. The molecule has 0 amide bonds. The molecule has 1 aliphatic rings. The molecule has 0 saturated carbocycles. The molecule has 0 aromatic carbocycles. The fourth-order valence-corrected chi connectivity index (χ4v) is 2.09. The molecule has 88 valence electrons. The van der Waals surface area contributed by atoms with Crippen molar-refractivity contribution >= 4 is 5.69 Å². The molecular formula is C12H20N4. The van der Waals surface area contributed by atoms with E-state index in [1.807, 2.05) is 12.4 Å². The maximum atomic E-state index is 4.06. The van der Waals surface area contributed by atoms with E-state index in [0.717, 1.165) is 31.9 Å². The first-order chi connectivity index (χ1) is 7.57. The van der Waals surface area contributed by atoms with Crippen molar-refractivity contribution in [2.45, 2.75) is 26.3 Å². The van der Waals surface area contributed by atoms with E-state index in [0.29, 0.717) is 0 Å². The number of rotatable bonds is 1. The van der Waals surface area contributed by atoms with Gasteiger partial charge in [-0.15, -0.1) is 0 Å². The molecule has 0 bridgehead atoms. The predicted molar refractivity (Wildman–Crippen MR) is 65.6 cm³/mol. The van der Waals surface area contributed by atoms with Crippen LogP contribution in [0.1, 0.15) is 20.8 Å². The first-order valence-electron chi connectivity index (χ1n) is 5.82. The standard InChI is InChI=1S/C12H20N4/c1-12(2,3)16-6-4-15(5-7-16)11-8-13-10-14-9-11/h8-10H,4-7H2,1-3H3. The highest BCUT2D eigenvalue weighted by molar-refractivity contribution is 5.41. The van der Waals surface area contributed by atoms with Gasteiger partial charge < -0.3 is 4.90 Å². The zero-order chi connectivity index (χ0) is 11.6. The summed E-state index contributed by atoms with van der Waals surface area (Å²) in [7, 11) is 0. The second-order valence-electron chi connectivity index (χ2n) is 5.24. The highest BCUT2D eigenvalue weighted by Gasteiger charge is 2.25. The van der Waals surface area contributed by atoms with Gasteiger partial charge in [-0.05, 0) is 20.8 Å². The van der Waals surface area contributed by atoms with Crippen LogP contribution < -0.4 is 4.90 Å². The van der Waals surface area contributed by atoms with Gasteiger partial charge in [0.25, 0.3) is 0 Å². The average Bonchev–Trinajstić information content (AvgIpc) is 2.29. The molecule has 0 aliphatic carbocycles. The summed E-state index contributed by atoms with van der Waals surface area (Å²) in [5, 5.41) is 0. The number of hydrogen-bond donors (Lipinski definition) is 0. The smallest absolute Gasteiger partial charge is 0.115 e. The predicted octanol–water partition coefficient (Wildman–Crippen LogP) is 1.40. The summed E-state index contributed by atoms with van der Waals surface area (Å²) in [6, 6.07) is 0. The van der Waals surface area contributed by atoms with E-state index >= 15 is 0 Å². The molecule has 0 N–H and O–H groups in total. The van der Waals surface area contributed by atoms with Crippen molar-refractivity contribution in [2.75, 3.05) is 31.1 Å². The van der Waals surface area contributed by atoms with Gasteiger partial charge in [-0.1, -0.05) is 0 Å². The molecule has 1 aromatic rings. The van der Waals surface area contributed by atoms with Gasteiger partial charge in [-0.2, -0.15) is 0 Å².